The van der Waals surface area contributed by atoms with Crippen molar-refractivity contribution in [2.75, 3.05) is 0 Å². The number of rotatable bonds is 25. The van der Waals surface area contributed by atoms with E-state index in [2.05, 4.69) is 36.9 Å². The second kappa shape index (κ2) is 23.6. The zero-order chi connectivity index (χ0) is 23.0. The molecule has 0 fully saturated rings. The van der Waals surface area contributed by atoms with Crippen molar-refractivity contribution in [2.45, 2.75) is 187 Å². The van der Waals surface area contributed by atoms with Gasteiger partial charge in [0.1, 0.15) is 0 Å². The summed E-state index contributed by atoms with van der Waals surface area (Å²) in [6.45, 7) is 9.37. The Bertz CT molecular complexity index is 327. The molecule has 31 heavy (non-hydrogen) atoms. The lowest BCUT2D eigenvalue weighted by Crippen LogP contribution is -2.32. The second-order valence-electron chi connectivity index (χ2n) is 10.7. The van der Waals surface area contributed by atoms with Gasteiger partial charge in [0.05, 0.1) is 0 Å². The molecule has 0 saturated carbocycles. The van der Waals surface area contributed by atoms with E-state index in [9.17, 15) is 0 Å². The molecule has 1 heteroatoms. The summed E-state index contributed by atoms with van der Waals surface area (Å²) in [6.07, 6.45) is 34.6. The molecule has 0 aromatic rings. The normalized spacial score (nSPS) is 13.1. The topological polar surface area (TPSA) is 0 Å². The van der Waals surface area contributed by atoms with Gasteiger partial charge in [-0.1, -0.05) is 156 Å². The van der Waals surface area contributed by atoms with Crippen LogP contribution in [0.2, 0.25) is 0 Å². The van der Waals surface area contributed by atoms with Gasteiger partial charge < -0.3 is 0 Å². The number of hydrogen-bond acceptors (Lipinski definition) is 0. The Kier molecular flexibility index (Phi) is 23.9. The summed E-state index contributed by atoms with van der Waals surface area (Å²) >= 11 is 0. The Morgan fingerprint density at radius 1 is 0.419 bits per heavy atom. The molecule has 0 aliphatic heterocycles. The molecular formula is C30H63P. The highest BCUT2D eigenvalue weighted by Gasteiger charge is 2.32. The first-order chi connectivity index (χ1) is 15.1. The second-order valence-corrected chi connectivity index (χ2v) is 11.8. The first-order valence-electron chi connectivity index (χ1n) is 14.9. The quantitative estimate of drug-likeness (QED) is 0.0950. The van der Waals surface area contributed by atoms with Gasteiger partial charge in [0.15, 0.2) is 0 Å². The van der Waals surface area contributed by atoms with Crippen LogP contribution in [-0.2, 0) is 0 Å². The van der Waals surface area contributed by atoms with Crippen LogP contribution >= 0.6 is 9.24 Å². The number of hydrogen-bond donors (Lipinski definition) is 0. The standard InChI is InChI=1S/C30H63P/c1-5-9-13-14-15-16-17-18-19-20-22-26-29(25-21-10-6-2)30(31,27-23-11-7-3)28-24-12-8-4/h29H,5-28,31H2,1-4H3. The van der Waals surface area contributed by atoms with Gasteiger partial charge in [0.25, 0.3) is 0 Å². The minimum Gasteiger partial charge on any atom is -0.131 e. The predicted octanol–water partition coefficient (Wildman–Crippen LogP) is 11.7. The third-order valence-corrected chi connectivity index (χ3v) is 8.67. The Hall–Kier alpha value is 0.430. The van der Waals surface area contributed by atoms with Crippen molar-refractivity contribution in [3.63, 3.8) is 0 Å². The summed E-state index contributed by atoms with van der Waals surface area (Å²) in [5.74, 6) is 0.941. The van der Waals surface area contributed by atoms with E-state index in [1.807, 2.05) is 0 Å². The summed E-state index contributed by atoms with van der Waals surface area (Å²) in [4.78, 5) is 0. The van der Waals surface area contributed by atoms with Crippen molar-refractivity contribution in [1.29, 1.82) is 0 Å². The van der Waals surface area contributed by atoms with Crippen LogP contribution < -0.4 is 0 Å². The van der Waals surface area contributed by atoms with Crippen LogP contribution in [0.25, 0.3) is 0 Å². The summed E-state index contributed by atoms with van der Waals surface area (Å²) in [5.41, 5.74) is 0. The van der Waals surface area contributed by atoms with Crippen LogP contribution in [0, 0.1) is 5.92 Å². The molecule has 0 nitrogen and oxygen atoms in total. The summed E-state index contributed by atoms with van der Waals surface area (Å²) in [7, 11) is 3.45. The zero-order valence-corrected chi connectivity index (χ0v) is 23.8. The Balaban J connectivity index is 4.38. The first-order valence-corrected chi connectivity index (χ1v) is 15.5. The van der Waals surface area contributed by atoms with E-state index >= 15 is 0 Å². The Morgan fingerprint density at radius 2 is 0.710 bits per heavy atom. The molecule has 188 valence electrons. The van der Waals surface area contributed by atoms with Gasteiger partial charge in [-0.25, -0.2) is 0 Å². The van der Waals surface area contributed by atoms with E-state index in [0.717, 1.165) is 5.92 Å². The fourth-order valence-corrected chi connectivity index (χ4v) is 6.10. The highest BCUT2D eigenvalue weighted by atomic mass is 31.0. The van der Waals surface area contributed by atoms with E-state index < -0.39 is 0 Å². The van der Waals surface area contributed by atoms with Crippen LogP contribution in [0.3, 0.4) is 0 Å². The maximum absolute atomic E-state index is 3.45. The lowest BCUT2D eigenvalue weighted by molar-refractivity contribution is 0.271. The van der Waals surface area contributed by atoms with Crippen molar-refractivity contribution in [3.8, 4) is 0 Å². The minimum absolute atomic E-state index is 0.524. The molecule has 0 aliphatic carbocycles. The lowest BCUT2D eigenvalue weighted by Gasteiger charge is -2.39. The summed E-state index contributed by atoms with van der Waals surface area (Å²) in [5, 5.41) is 0.524. The predicted molar refractivity (Wildman–Crippen MR) is 149 cm³/mol. The van der Waals surface area contributed by atoms with Gasteiger partial charge in [-0.2, -0.15) is 0 Å². The molecule has 2 unspecified atom stereocenters. The molecule has 0 aromatic carbocycles. The van der Waals surface area contributed by atoms with Gasteiger partial charge in [0.2, 0.25) is 0 Å². The van der Waals surface area contributed by atoms with Gasteiger partial charge >= 0.3 is 0 Å². The molecule has 0 aromatic heterocycles. The van der Waals surface area contributed by atoms with Crippen molar-refractivity contribution in [3.05, 3.63) is 0 Å². The van der Waals surface area contributed by atoms with Gasteiger partial charge in [0, 0.05) is 0 Å². The monoisotopic (exact) mass is 454 g/mol. The fourth-order valence-electron chi connectivity index (χ4n) is 5.36. The van der Waals surface area contributed by atoms with E-state index in [-0.39, 0.29) is 0 Å². The van der Waals surface area contributed by atoms with Crippen molar-refractivity contribution in [1.82, 2.24) is 0 Å². The van der Waals surface area contributed by atoms with Crippen molar-refractivity contribution >= 4 is 9.24 Å². The molecule has 0 bridgehead atoms. The third kappa shape index (κ3) is 18.5. The lowest BCUT2D eigenvalue weighted by atomic mass is 9.77. The van der Waals surface area contributed by atoms with Gasteiger partial charge in [-0.3, -0.25) is 0 Å². The van der Waals surface area contributed by atoms with E-state index in [0.29, 0.717) is 5.16 Å². The van der Waals surface area contributed by atoms with Crippen LogP contribution in [0.4, 0.5) is 0 Å². The van der Waals surface area contributed by atoms with E-state index in [1.54, 1.807) is 0 Å². The molecule has 2 atom stereocenters. The average Bonchev–Trinajstić information content (AvgIpc) is 2.76. The molecule has 0 saturated heterocycles. The van der Waals surface area contributed by atoms with Crippen LogP contribution in [0.1, 0.15) is 182 Å². The van der Waals surface area contributed by atoms with Crippen LogP contribution in [0.5, 0.6) is 0 Å². The van der Waals surface area contributed by atoms with Crippen LogP contribution in [-0.4, -0.2) is 5.16 Å². The Labute approximate surface area is 202 Å². The van der Waals surface area contributed by atoms with Crippen LogP contribution in [0.15, 0.2) is 0 Å². The molecule has 0 heterocycles. The maximum atomic E-state index is 3.45. The molecule has 0 aliphatic rings. The average molecular weight is 455 g/mol. The highest BCUT2D eigenvalue weighted by Crippen LogP contribution is 2.43. The summed E-state index contributed by atoms with van der Waals surface area (Å²) in [6, 6.07) is 0. The maximum Gasteiger partial charge on any atom is -0.0122 e. The molecule has 0 rings (SSSR count). The van der Waals surface area contributed by atoms with E-state index in [1.165, 1.54) is 154 Å². The SMILES string of the molecule is CCCCCCCCCCCCCC(CCCCC)C(P)(CCCCC)CCCCC. The molecule has 0 N–H and O–H groups in total. The fraction of sp³-hybridized carbons (Fsp3) is 1.00. The van der Waals surface area contributed by atoms with E-state index in [4.69, 9.17) is 0 Å². The Morgan fingerprint density at radius 3 is 1.13 bits per heavy atom. The molecule has 0 spiro atoms. The molecular weight excluding hydrogens is 391 g/mol. The van der Waals surface area contributed by atoms with Crippen molar-refractivity contribution in [2.24, 2.45) is 5.92 Å². The largest absolute Gasteiger partial charge is 0.131 e. The minimum atomic E-state index is 0.524. The highest BCUT2D eigenvalue weighted by molar-refractivity contribution is 7.19. The summed E-state index contributed by atoms with van der Waals surface area (Å²) < 4.78 is 0. The first kappa shape index (κ1) is 31.4. The number of unbranched alkanes of at least 4 members (excludes halogenated alkanes) is 16. The van der Waals surface area contributed by atoms with Crippen molar-refractivity contribution < 1.29 is 0 Å². The van der Waals surface area contributed by atoms with Gasteiger partial charge in [-0.05, 0) is 36.8 Å². The third-order valence-electron chi connectivity index (χ3n) is 7.62. The zero-order valence-electron chi connectivity index (χ0n) is 22.6. The van der Waals surface area contributed by atoms with Gasteiger partial charge in [-0.15, -0.1) is 9.24 Å². The molecule has 0 amide bonds. The smallest absolute Gasteiger partial charge is 0.0122 e. The molecule has 0 radical (unpaired) electrons.